The summed E-state index contributed by atoms with van der Waals surface area (Å²) >= 11 is 0. The van der Waals surface area contributed by atoms with Crippen LogP contribution in [-0.4, -0.2) is 18.7 Å². The smallest absolute Gasteiger partial charge is 0.244 e. The monoisotopic (exact) mass is 324 g/mol. The van der Waals surface area contributed by atoms with E-state index in [-0.39, 0.29) is 12.3 Å². The van der Waals surface area contributed by atoms with E-state index in [1.165, 1.54) is 5.56 Å². The van der Waals surface area contributed by atoms with Crippen LogP contribution in [0.15, 0.2) is 53.6 Å². The Morgan fingerprint density at radius 1 is 1.04 bits per heavy atom. The highest BCUT2D eigenvalue weighted by Gasteiger charge is 2.04. The summed E-state index contributed by atoms with van der Waals surface area (Å²) in [7, 11) is 1.62. The fourth-order valence-corrected chi connectivity index (χ4v) is 2.38. The van der Waals surface area contributed by atoms with Gasteiger partial charge >= 0.3 is 0 Å². The zero-order valence-electron chi connectivity index (χ0n) is 14.5. The van der Waals surface area contributed by atoms with E-state index in [0.717, 1.165) is 35.4 Å². The number of carbonyl (C=O) groups is 1. The van der Waals surface area contributed by atoms with Crippen LogP contribution in [0.3, 0.4) is 0 Å². The van der Waals surface area contributed by atoms with Gasteiger partial charge in [-0.1, -0.05) is 49.7 Å². The Kier molecular flexibility index (Phi) is 6.55. The van der Waals surface area contributed by atoms with Crippen molar-refractivity contribution in [3.63, 3.8) is 0 Å². The van der Waals surface area contributed by atoms with Gasteiger partial charge in [0.1, 0.15) is 5.75 Å². The number of benzene rings is 2. The summed E-state index contributed by atoms with van der Waals surface area (Å²) in [6.07, 6.45) is 2.50. The van der Waals surface area contributed by atoms with Gasteiger partial charge in [-0.2, -0.15) is 5.10 Å². The Morgan fingerprint density at radius 3 is 2.25 bits per heavy atom. The van der Waals surface area contributed by atoms with Crippen LogP contribution in [-0.2, 0) is 17.6 Å². The second-order valence-electron chi connectivity index (χ2n) is 5.70. The van der Waals surface area contributed by atoms with Gasteiger partial charge in [-0.15, -0.1) is 0 Å². The molecule has 0 aliphatic carbocycles. The van der Waals surface area contributed by atoms with Gasteiger partial charge in [0.25, 0.3) is 0 Å². The van der Waals surface area contributed by atoms with Crippen molar-refractivity contribution < 1.29 is 9.53 Å². The van der Waals surface area contributed by atoms with E-state index < -0.39 is 0 Å². The average molecular weight is 324 g/mol. The summed E-state index contributed by atoms with van der Waals surface area (Å²) < 4.78 is 5.10. The lowest BCUT2D eigenvalue weighted by Crippen LogP contribution is -2.21. The van der Waals surface area contributed by atoms with Crippen molar-refractivity contribution in [3.8, 4) is 5.75 Å². The molecule has 0 unspecified atom stereocenters. The second kappa shape index (κ2) is 8.87. The Balaban J connectivity index is 1.91. The quantitative estimate of drug-likeness (QED) is 0.623. The summed E-state index contributed by atoms with van der Waals surface area (Å²) in [5, 5.41) is 4.19. The zero-order chi connectivity index (χ0) is 17.4. The Hall–Kier alpha value is -2.62. The number of aryl methyl sites for hydroxylation is 1. The first-order valence-corrected chi connectivity index (χ1v) is 8.17. The number of hydrogen-bond donors (Lipinski definition) is 1. The summed E-state index contributed by atoms with van der Waals surface area (Å²) in [4.78, 5) is 12.0. The standard InChI is InChI=1S/C20H24N2O2/c1-4-5-16-6-10-18(11-7-16)15(2)21-22-20(23)14-17-8-12-19(24-3)13-9-17/h6-13H,4-5,14H2,1-3H3,(H,22,23)/b21-15+. The van der Waals surface area contributed by atoms with Crippen LogP contribution in [0.25, 0.3) is 0 Å². The van der Waals surface area contributed by atoms with Crippen molar-refractivity contribution in [1.29, 1.82) is 0 Å². The van der Waals surface area contributed by atoms with Crippen molar-refractivity contribution in [3.05, 3.63) is 65.2 Å². The molecule has 1 amide bonds. The van der Waals surface area contributed by atoms with Crippen LogP contribution >= 0.6 is 0 Å². The Labute approximate surface area is 143 Å². The van der Waals surface area contributed by atoms with E-state index >= 15 is 0 Å². The molecule has 0 fully saturated rings. The molecule has 4 heteroatoms. The molecule has 0 spiro atoms. The number of amides is 1. The van der Waals surface area contributed by atoms with Crippen LogP contribution in [0, 0.1) is 0 Å². The molecule has 0 atom stereocenters. The highest BCUT2D eigenvalue weighted by molar-refractivity contribution is 5.99. The average Bonchev–Trinajstić information content (AvgIpc) is 2.61. The number of methoxy groups -OCH3 is 1. The van der Waals surface area contributed by atoms with Gasteiger partial charge in [-0.25, -0.2) is 5.43 Å². The highest BCUT2D eigenvalue weighted by atomic mass is 16.5. The minimum absolute atomic E-state index is 0.137. The maximum Gasteiger partial charge on any atom is 0.244 e. The van der Waals surface area contributed by atoms with Crippen molar-refractivity contribution >= 4 is 11.6 Å². The lowest BCUT2D eigenvalue weighted by molar-refractivity contribution is -0.120. The van der Waals surface area contributed by atoms with Crippen LogP contribution < -0.4 is 10.2 Å². The Bertz CT molecular complexity index is 689. The van der Waals surface area contributed by atoms with Crippen molar-refractivity contribution in [2.45, 2.75) is 33.1 Å². The molecule has 0 saturated heterocycles. The van der Waals surface area contributed by atoms with E-state index in [9.17, 15) is 4.79 Å². The highest BCUT2D eigenvalue weighted by Crippen LogP contribution is 2.11. The molecule has 0 aliphatic rings. The fraction of sp³-hybridized carbons (Fsp3) is 0.300. The van der Waals surface area contributed by atoms with E-state index in [1.807, 2.05) is 43.3 Å². The van der Waals surface area contributed by atoms with Crippen LogP contribution in [0.5, 0.6) is 5.75 Å². The largest absolute Gasteiger partial charge is 0.497 e. The number of hydrogen-bond acceptors (Lipinski definition) is 3. The number of nitrogens with zero attached hydrogens (tertiary/aromatic N) is 1. The molecule has 2 rings (SSSR count). The van der Waals surface area contributed by atoms with Gasteiger partial charge in [-0.3, -0.25) is 4.79 Å². The van der Waals surface area contributed by atoms with E-state index in [1.54, 1.807) is 7.11 Å². The normalized spacial score (nSPS) is 11.2. The summed E-state index contributed by atoms with van der Waals surface area (Å²) in [6, 6.07) is 15.7. The Morgan fingerprint density at radius 2 is 1.67 bits per heavy atom. The summed E-state index contributed by atoms with van der Waals surface area (Å²) in [6.45, 7) is 4.06. The molecule has 2 aromatic carbocycles. The molecule has 0 saturated carbocycles. The van der Waals surface area contributed by atoms with Crippen LogP contribution in [0.1, 0.15) is 37.0 Å². The summed E-state index contributed by atoms with van der Waals surface area (Å²) in [5.74, 6) is 0.640. The first kappa shape index (κ1) is 17.7. The first-order chi connectivity index (χ1) is 11.6. The fourth-order valence-electron chi connectivity index (χ4n) is 2.38. The lowest BCUT2D eigenvalue weighted by Gasteiger charge is -2.05. The maximum atomic E-state index is 12.0. The molecule has 0 heterocycles. The molecule has 0 bridgehead atoms. The predicted octanol–water partition coefficient (Wildman–Crippen LogP) is 3.73. The van der Waals surface area contributed by atoms with E-state index in [2.05, 4.69) is 29.6 Å². The zero-order valence-corrected chi connectivity index (χ0v) is 14.5. The number of nitrogens with one attached hydrogen (secondary N) is 1. The predicted molar refractivity (Wildman–Crippen MR) is 97.5 cm³/mol. The molecule has 2 aromatic rings. The van der Waals surface area contributed by atoms with Crippen LogP contribution in [0.4, 0.5) is 0 Å². The third-order valence-electron chi connectivity index (χ3n) is 3.78. The van der Waals surface area contributed by atoms with Crippen molar-refractivity contribution in [2.75, 3.05) is 7.11 Å². The molecule has 0 aliphatic heterocycles. The van der Waals surface area contributed by atoms with Gasteiger partial charge in [0.15, 0.2) is 0 Å². The van der Waals surface area contributed by atoms with Gasteiger partial charge in [0.05, 0.1) is 19.2 Å². The number of rotatable bonds is 7. The van der Waals surface area contributed by atoms with E-state index in [0.29, 0.717) is 0 Å². The van der Waals surface area contributed by atoms with Gasteiger partial charge in [0, 0.05) is 0 Å². The summed E-state index contributed by atoms with van der Waals surface area (Å²) in [5.41, 5.74) is 6.66. The number of hydrazone groups is 1. The first-order valence-electron chi connectivity index (χ1n) is 8.17. The molecule has 0 aromatic heterocycles. The SMILES string of the molecule is CCCc1ccc(/C(C)=N/NC(=O)Cc2ccc(OC)cc2)cc1. The van der Waals surface area contributed by atoms with Crippen molar-refractivity contribution in [1.82, 2.24) is 5.43 Å². The molecule has 24 heavy (non-hydrogen) atoms. The molecule has 0 radical (unpaired) electrons. The minimum Gasteiger partial charge on any atom is -0.497 e. The molecular formula is C20H24N2O2. The molecule has 126 valence electrons. The second-order valence-corrected chi connectivity index (χ2v) is 5.70. The minimum atomic E-state index is -0.137. The third-order valence-corrected chi connectivity index (χ3v) is 3.78. The van der Waals surface area contributed by atoms with Gasteiger partial charge in [-0.05, 0) is 42.2 Å². The molecule has 1 N–H and O–H groups in total. The van der Waals surface area contributed by atoms with E-state index in [4.69, 9.17) is 4.74 Å². The number of ether oxygens (including phenoxy) is 1. The molecule has 4 nitrogen and oxygen atoms in total. The molecular weight excluding hydrogens is 300 g/mol. The van der Waals surface area contributed by atoms with Crippen LogP contribution in [0.2, 0.25) is 0 Å². The van der Waals surface area contributed by atoms with Gasteiger partial charge in [0.2, 0.25) is 5.91 Å². The maximum absolute atomic E-state index is 12.0. The number of carbonyl (C=O) groups excluding carboxylic acids is 1. The third kappa shape index (κ3) is 5.23. The van der Waals surface area contributed by atoms with Gasteiger partial charge < -0.3 is 4.74 Å². The lowest BCUT2D eigenvalue weighted by atomic mass is 10.1. The van der Waals surface area contributed by atoms with Crippen molar-refractivity contribution in [2.24, 2.45) is 5.10 Å². The topological polar surface area (TPSA) is 50.7 Å².